The lowest BCUT2D eigenvalue weighted by Gasteiger charge is -2.18. The number of benzene rings is 2. The second-order valence-electron chi connectivity index (χ2n) is 7.46. The van der Waals surface area contributed by atoms with Crippen LogP contribution < -0.4 is 16.0 Å². The minimum absolute atomic E-state index is 0.147. The van der Waals surface area contributed by atoms with Crippen molar-refractivity contribution in [3.8, 4) is 0 Å². The fraction of sp³-hybridized carbons (Fsp3) is 0.348. The second kappa shape index (κ2) is 10.8. The Bertz CT molecular complexity index is 867. The Morgan fingerprint density at radius 1 is 1.00 bits per heavy atom. The monoisotopic (exact) mass is 427 g/mol. The summed E-state index contributed by atoms with van der Waals surface area (Å²) in [6.07, 6.45) is 3.13. The third-order valence-electron chi connectivity index (χ3n) is 4.83. The molecule has 1 aliphatic carbocycles. The fourth-order valence-electron chi connectivity index (χ4n) is 3.01. The second-order valence-corrected chi connectivity index (χ2v) is 7.90. The van der Waals surface area contributed by atoms with Crippen molar-refractivity contribution in [2.45, 2.75) is 44.2 Å². The van der Waals surface area contributed by atoms with Gasteiger partial charge in [0.25, 0.3) is 5.91 Å². The van der Waals surface area contributed by atoms with Crippen LogP contribution in [-0.2, 0) is 16.0 Å². The first kappa shape index (κ1) is 21.8. The van der Waals surface area contributed by atoms with Crippen LogP contribution in [0.2, 0.25) is 5.02 Å². The van der Waals surface area contributed by atoms with Crippen LogP contribution in [0.5, 0.6) is 0 Å². The minimum atomic E-state index is -0.607. The molecule has 6 nitrogen and oxygen atoms in total. The molecule has 0 aliphatic heterocycles. The molecule has 3 N–H and O–H groups in total. The largest absolute Gasteiger partial charge is 0.352 e. The zero-order chi connectivity index (χ0) is 21.3. The van der Waals surface area contributed by atoms with E-state index in [1.165, 1.54) is 0 Å². The molecule has 158 valence electrons. The van der Waals surface area contributed by atoms with E-state index in [2.05, 4.69) is 16.0 Å². The summed E-state index contributed by atoms with van der Waals surface area (Å²) in [4.78, 5) is 37.0. The van der Waals surface area contributed by atoms with Gasteiger partial charge in [-0.15, -0.1) is 0 Å². The van der Waals surface area contributed by atoms with Crippen molar-refractivity contribution in [3.63, 3.8) is 0 Å². The number of halogens is 1. The average Bonchev–Trinajstić information content (AvgIpc) is 3.56. The molecule has 2 aromatic carbocycles. The lowest BCUT2D eigenvalue weighted by Crippen LogP contribution is -2.48. The molecule has 30 heavy (non-hydrogen) atoms. The van der Waals surface area contributed by atoms with Crippen LogP contribution in [0.3, 0.4) is 0 Å². The zero-order valence-corrected chi connectivity index (χ0v) is 17.5. The number of rotatable bonds is 10. The third kappa shape index (κ3) is 7.19. The van der Waals surface area contributed by atoms with Crippen molar-refractivity contribution >= 4 is 29.3 Å². The topological polar surface area (TPSA) is 87.3 Å². The van der Waals surface area contributed by atoms with E-state index in [-0.39, 0.29) is 30.2 Å². The van der Waals surface area contributed by atoms with Crippen LogP contribution in [0, 0.1) is 0 Å². The third-order valence-corrected chi connectivity index (χ3v) is 5.08. The van der Waals surface area contributed by atoms with Crippen molar-refractivity contribution in [1.29, 1.82) is 0 Å². The molecule has 7 heteroatoms. The van der Waals surface area contributed by atoms with Crippen LogP contribution in [0.4, 0.5) is 0 Å². The molecular formula is C23H26ClN3O3. The maximum atomic E-state index is 12.5. The van der Waals surface area contributed by atoms with E-state index in [0.717, 1.165) is 18.4 Å². The molecule has 1 unspecified atom stereocenters. The summed E-state index contributed by atoms with van der Waals surface area (Å²) in [7, 11) is 0. The molecule has 1 saturated carbocycles. The summed E-state index contributed by atoms with van der Waals surface area (Å²) in [5.41, 5.74) is 1.51. The molecule has 1 aliphatic rings. The van der Waals surface area contributed by atoms with Gasteiger partial charge >= 0.3 is 0 Å². The van der Waals surface area contributed by atoms with Crippen LogP contribution >= 0.6 is 11.6 Å². The maximum Gasteiger partial charge on any atom is 0.251 e. The highest BCUT2D eigenvalue weighted by Crippen LogP contribution is 2.19. The Morgan fingerprint density at radius 3 is 2.37 bits per heavy atom. The molecule has 0 bridgehead atoms. The number of hydrogen-bond acceptors (Lipinski definition) is 3. The van der Waals surface area contributed by atoms with Crippen LogP contribution in [0.25, 0.3) is 0 Å². The molecule has 1 fully saturated rings. The van der Waals surface area contributed by atoms with E-state index in [1.807, 2.05) is 30.3 Å². The van der Waals surface area contributed by atoms with Gasteiger partial charge in [0.15, 0.2) is 0 Å². The molecule has 2 aromatic rings. The highest BCUT2D eigenvalue weighted by molar-refractivity contribution is 6.30. The number of carbonyl (C=O) groups is 3. The molecule has 0 radical (unpaired) electrons. The normalized spacial score (nSPS) is 13.9. The minimum Gasteiger partial charge on any atom is -0.352 e. The molecule has 0 aromatic heterocycles. The van der Waals surface area contributed by atoms with Gasteiger partial charge in [-0.3, -0.25) is 14.4 Å². The standard InChI is InChI=1S/C23H26ClN3O3/c24-18-10-8-17(9-11-18)22(29)25-14-4-7-21(28)27-20(23(30)26-19-12-13-19)15-16-5-2-1-3-6-16/h1-3,5-6,8-11,19-20H,4,7,12-15H2,(H,25,29)(H,26,30)(H,27,28). The molecule has 0 spiro atoms. The van der Waals surface area contributed by atoms with Gasteiger partial charge in [-0.1, -0.05) is 41.9 Å². The van der Waals surface area contributed by atoms with Gasteiger partial charge in [0, 0.05) is 36.0 Å². The van der Waals surface area contributed by atoms with E-state index in [9.17, 15) is 14.4 Å². The highest BCUT2D eigenvalue weighted by Gasteiger charge is 2.28. The molecule has 3 amide bonds. The first-order valence-electron chi connectivity index (χ1n) is 10.2. The summed E-state index contributed by atoms with van der Waals surface area (Å²) < 4.78 is 0. The number of hydrogen-bond donors (Lipinski definition) is 3. The van der Waals surface area contributed by atoms with Crippen molar-refractivity contribution in [3.05, 3.63) is 70.7 Å². The van der Waals surface area contributed by atoms with Crippen LogP contribution in [0.1, 0.15) is 41.6 Å². The van der Waals surface area contributed by atoms with Gasteiger partial charge in [-0.05, 0) is 49.1 Å². The summed E-state index contributed by atoms with van der Waals surface area (Å²) in [6.45, 7) is 0.368. The molecule has 0 saturated heterocycles. The van der Waals surface area contributed by atoms with E-state index < -0.39 is 6.04 Å². The van der Waals surface area contributed by atoms with Gasteiger partial charge in [-0.2, -0.15) is 0 Å². The van der Waals surface area contributed by atoms with Gasteiger partial charge in [-0.25, -0.2) is 0 Å². The average molecular weight is 428 g/mol. The van der Waals surface area contributed by atoms with Gasteiger partial charge in [0.05, 0.1) is 0 Å². The highest BCUT2D eigenvalue weighted by atomic mass is 35.5. The van der Waals surface area contributed by atoms with Crippen LogP contribution in [0.15, 0.2) is 54.6 Å². The predicted molar refractivity (Wildman–Crippen MR) is 116 cm³/mol. The van der Waals surface area contributed by atoms with Crippen LogP contribution in [-0.4, -0.2) is 36.3 Å². The first-order chi connectivity index (χ1) is 14.5. The van der Waals surface area contributed by atoms with Gasteiger partial charge < -0.3 is 16.0 Å². The number of amides is 3. The number of carbonyl (C=O) groups excluding carboxylic acids is 3. The summed E-state index contributed by atoms with van der Waals surface area (Å²) >= 11 is 5.82. The molecule has 3 rings (SSSR count). The van der Waals surface area contributed by atoms with E-state index in [4.69, 9.17) is 11.6 Å². The van der Waals surface area contributed by atoms with Crippen molar-refractivity contribution in [1.82, 2.24) is 16.0 Å². The maximum absolute atomic E-state index is 12.5. The van der Waals surface area contributed by atoms with E-state index in [0.29, 0.717) is 30.0 Å². The molecule has 0 heterocycles. The Morgan fingerprint density at radius 2 is 1.70 bits per heavy atom. The molecular weight excluding hydrogens is 402 g/mol. The Labute approximate surface area is 181 Å². The van der Waals surface area contributed by atoms with E-state index >= 15 is 0 Å². The van der Waals surface area contributed by atoms with Gasteiger partial charge in [0.1, 0.15) is 6.04 Å². The number of nitrogens with one attached hydrogen (secondary N) is 3. The lowest BCUT2D eigenvalue weighted by molar-refractivity contribution is -0.129. The molecule has 1 atom stereocenters. The Hall–Kier alpha value is -2.86. The Balaban J connectivity index is 1.44. The SMILES string of the molecule is O=C(CCCNC(=O)c1ccc(Cl)cc1)NC(Cc1ccccc1)C(=O)NC1CC1. The zero-order valence-electron chi connectivity index (χ0n) is 16.7. The lowest BCUT2D eigenvalue weighted by atomic mass is 10.0. The summed E-state index contributed by atoms with van der Waals surface area (Å²) in [6, 6.07) is 15.9. The Kier molecular flexibility index (Phi) is 7.85. The van der Waals surface area contributed by atoms with Crippen molar-refractivity contribution in [2.24, 2.45) is 0 Å². The quantitative estimate of drug-likeness (QED) is 0.509. The predicted octanol–water partition coefficient (Wildman–Crippen LogP) is 2.86. The summed E-state index contributed by atoms with van der Waals surface area (Å²) in [5, 5.41) is 9.16. The first-order valence-corrected chi connectivity index (χ1v) is 10.6. The van der Waals surface area contributed by atoms with Crippen molar-refractivity contribution < 1.29 is 14.4 Å². The van der Waals surface area contributed by atoms with Crippen molar-refractivity contribution in [2.75, 3.05) is 6.54 Å². The van der Waals surface area contributed by atoms with Gasteiger partial charge in [0.2, 0.25) is 11.8 Å². The summed E-state index contributed by atoms with van der Waals surface area (Å²) in [5.74, 6) is -0.564. The fourth-order valence-corrected chi connectivity index (χ4v) is 3.14. The smallest absolute Gasteiger partial charge is 0.251 e. The van der Waals surface area contributed by atoms with E-state index in [1.54, 1.807) is 24.3 Å².